The van der Waals surface area contributed by atoms with Gasteiger partial charge in [-0.05, 0) is 31.4 Å². The van der Waals surface area contributed by atoms with Gasteiger partial charge < -0.3 is 9.64 Å². The Morgan fingerprint density at radius 2 is 1.75 bits per heavy atom. The zero-order valence-electron chi connectivity index (χ0n) is 12.2. The third-order valence-electron chi connectivity index (χ3n) is 4.22. The second-order valence-electron chi connectivity index (χ2n) is 5.73. The highest BCUT2D eigenvalue weighted by molar-refractivity contribution is 6.38. The van der Waals surface area contributed by atoms with Crippen LogP contribution >= 0.6 is 23.2 Å². The van der Waals surface area contributed by atoms with Crippen LogP contribution in [0.5, 0.6) is 5.75 Å². The summed E-state index contributed by atoms with van der Waals surface area (Å²) >= 11 is 12.0. The lowest BCUT2D eigenvalue weighted by Gasteiger charge is -2.27. The zero-order valence-corrected chi connectivity index (χ0v) is 13.7. The molecule has 0 aliphatic carbocycles. The minimum atomic E-state index is -4.90. The van der Waals surface area contributed by atoms with Gasteiger partial charge in [0, 0.05) is 12.1 Å². The molecule has 2 saturated heterocycles. The number of amides is 1. The van der Waals surface area contributed by atoms with Crippen LogP contribution in [0.1, 0.15) is 30.7 Å². The first kappa shape index (κ1) is 17.4. The molecule has 24 heavy (non-hydrogen) atoms. The second-order valence-corrected chi connectivity index (χ2v) is 6.54. The van der Waals surface area contributed by atoms with Crippen molar-refractivity contribution in [2.24, 2.45) is 0 Å². The first-order valence-corrected chi connectivity index (χ1v) is 8.03. The number of fused-ring (bicyclic) bond motifs is 1. The van der Waals surface area contributed by atoms with Gasteiger partial charge in [-0.25, -0.2) is 0 Å². The Balaban J connectivity index is 1.97. The zero-order chi connectivity index (χ0) is 17.6. The lowest BCUT2D eigenvalue weighted by Crippen LogP contribution is -2.39. The summed E-state index contributed by atoms with van der Waals surface area (Å²) in [6, 6.07) is 1.32. The van der Waals surface area contributed by atoms with E-state index in [4.69, 9.17) is 23.2 Å². The molecule has 0 radical (unpaired) electrons. The third kappa shape index (κ3) is 3.07. The lowest BCUT2D eigenvalue weighted by atomic mass is 9.92. The molecule has 2 fully saturated rings. The van der Waals surface area contributed by atoms with Crippen LogP contribution < -0.4 is 4.74 Å². The number of benzene rings is 1. The maximum atomic E-state index is 12.6. The Hall–Kier alpha value is -1.47. The molecule has 2 heterocycles. The van der Waals surface area contributed by atoms with Gasteiger partial charge in [-0.1, -0.05) is 23.2 Å². The number of hydrogen-bond acceptors (Lipinski definition) is 3. The molecule has 0 saturated carbocycles. The quantitative estimate of drug-likeness (QED) is 0.728. The summed E-state index contributed by atoms with van der Waals surface area (Å²) in [4.78, 5) is 26.6. The smallest absolute Gasteiger partial charge is 0.406 e. The molecule has 2 atom stereocenters. The van der Waals surface area contributed by atoms with Crippen molar-refractivity contribution < 1.29 is 27.5 Å². The van der Waals surface area contributed by atoms with Gasteiger partial charge in [-0.2, -0.15) is 0 Å². The van der Waals surface area contributed by atoms with Crippen LogP contribution in [-0.2, 0) is 9.59 Å². The Kier molecular flexibility index (Phi) is 4.42. The molecule has 4 nitrogen and oxygen atoms in total. The van der Waals surface area contributed by atoms with E-state index in [1.165, 1.54) is 4.90 Å². The summed E-state index contributed by atoms with van der Waals surface area (Å²) in [6.45, 7) is 0.482. The van der Waals surface area contributed by atoms with Crippen LogP contribution in [0.25, 0.3) is 0 Å². The Labute approximate surface area is 145 Å². The number of hydrogen-bond donors (Lipinski definition) is 0. The molecule has 1 aromatic rings. The number of Topliss-reactive ketones (excluding diaryl/α,β-unsaturated/α-hetero) is 1. The second kappa shape index (κ2) is 6.11. The van der Waals surface area contributed by atoms with E-state index in [1.54, 1.807) is 0 Å². The molecule has 1 aromatic carbocycles. The normalized spacial score (nSPS) is 24.3. The highest BCUT2D eigenvalue weighted by atomic mass is 35.5. The SMILES string of the molecule is O=C1C(c2c(Cl)cc(OC(F)(F)F)cc2Cl)C(=O)N2CCCCC12. The van der Waals surface area contributed by atoms with E-state index in [-0.39, 0.29) is 21.4 Å². The van der Waals surface area contributed by atoms with Gasteiger partial charge in [-0.3, -0.25) is 9.59 Å². The van der Waals surface area contributed by atoms with Crippen LogP contribution in [0.2, 0.25) is 10.0 Å². The lowest BCUT2D eigenvalue weighted by molar-refractivity contribution is -0.274. The van der Waals surface area contributed by atoms with E-state index in [2.05, 4.69) is 4.74 Å². The monoisotopic (exact) mass is 381 g/mol. The van der Waals surface area contributed by atoms with Gasteiger partial charge in [-0.15, -0.1) is 13.2 Å². The average molecular weight is 382 g/mol. The summed E-state index contributed by atoms with van der Waals surface area (Å²) in [5, 5.41) is -0.401. The van der Waals surface area contributed by atoms with Gasteiger partial charge in [0.05, 0.1) is 16.1 Å². The summed E-state index contributed by atoms with van der Waals surface area (Å²) < 4.78 is 40.7. The van der Waals surface area contributed by atoms with E-state index >= 15 is 0 Å². The minimum absolute atomic E-state index is 0.0391. The molecule has 3 rings (SSSR count). The molecule has 2 aliphatic rings. The molecular formula is C15H12Cl2F3NO3. The summed E-state index contributed by atoms with van der Waals surface area (Å²) in [5.41, 5.74) is 0.0391. The predicted molar refractivity (Wildman–Crippen MR) is 80.2 cm³/mol. The van der Waals surface area contributed by atoms with Crippen molar-refractivity contribution in [1.29, 1.82) is 0 Å². The maximum absolute atomic E-state index is 12.6. The maximum Gasteiger partial charge on any atom is 0.573 e. The van der Waals surface area contributed by atoms with E-state index in [9.17, 15) is 22.8 Å². The molecule has 130 valence electrons. The van der Waals surface area contributed by atoms with Crippen LogP contribution in [0, 0.1) is 0 Å². The van der Waals surface area contributed by atoms with Crippen LogP contribution in [-0.4, -0.2) is 35.5 Å². The van der Waals surface area contributed by atoms with E-state index in [1.807, 2.05) is 0 Å². The number of ether oxygens (including phenoxy) is 1. The highest BCUT2D eigenvalue weighted by Crippen LogP contribution is 2.42. The van der Waals surface area contributed by atoms with Crippen LogP contribution in [0.15, 0.2) is 12.1 Å². The molecule has 0 N–H and O–H groups in total. The average Bonchev–Trinajstić information content (AvgIpc) is 2.71. The standard InChI is InChI=1S/C15H12Cl2F3NO3/c16-8-5-7(24-15(18,19)20)6-9(17)11(8)12-13(22)10-3-1-2-4-21(10)14(12)23/h5-6,10,12H,1-4H2. The van der Waals surface area contributed by atoms with Gasteiger partial charge in [0.1, 0.15) is 11.7 Å². The fraction of sp³-hybridized carbons (Fsp3) is 0.467. The van der Waals surface area contributed by atoms with Crippen LogP contribution in [0.4, 0.5) is 13.2 Å². The number of nitrogens with zero attached hydrogens (tertiary/aromatic N) is 1. The fourth-order valence-electron chi connectivity index (χ4n) is 3.27. The van der Waals surface area contributed by atoms with E-state index in [0.717, 1.165) is 25.0 Å². The first-order valence-electron chi connectivity index (χ1n) is 7.28. The Bertz CT molecular complexity index is 661. The van der Waals surface area contributed by atoms with E-state index in [0.29, 0.717) is 13.0 Å². The largest absolute Gasteiger partial charge is 0.573 e. The molecule has 0 aromatic heterocycles. The van der Waals surface area contributed by atoms with Crippen molar-refractivity contribution >= 4 is 34.9 Å². The number of alkyl halides is 3. The van der Waals surface area contributed by atoms with Crippen molar-refractivity contribution in [1.82, 2.24) is 4.90 Å². The molecule has 2 aliphatic heterocycles. The van der Waals surface area contributed by atoms with Crippen molar-refractivity contribution in [3.8, 4) is 5.75 Å². The van der Waals surface area contributed by atoms with Crippen molar-refractivity contribution in [2.75, 3.05) is 6.54 Å². The number of carbonyl (C=O) groups excluding carboxylic acids is 2. The van der Waals surface area contributed by atoms with Crippen molar-refractivity contribution in [3.63, 3.8) is 0 Å². The van der Waals surface area contributed by atoms with Crippen molar-refractivity contribution in [2.45, 2.75) is 37.6 Å². The van der Waals surface area contributed by atoms with Gasteiger partial charge in [0.25, 0.3) is 0 Å². The van der Waals surface area contributed by atoms with Crippen LogP contribution in [0.3, 0.4) is 0 Å². The van der Waals surface area contributed by atoms with Gasteiger partial charge >= 0.3 is 6.36 Å². The molecule has 0 spiro atoms. The summed E-state index contributed by atoms with van der Waals surface area (Å²) in [6.07, 6.45) is -2.67. The third-order valence-corrected chi connectivity index (χ3v) is 4.85. The summed E-state index contributed by atoms with van der Waals surface area (Å²) in [5.74, 6) is -2.49. The predicted octanol–water partition coefficient (Wildman–Crippen LogP) is 3.94. The number of rotatable bonds is 2. The Morgan fingerprint density at radius 1 is 1.12 bits per heavy atom. The molecular weight excluding hydrogens is 370 g/mol. The topological polar surface area (TPSA) is 46.6 Å². The molecule has 0 bridgehead atoms. The summed E-state index contributed by atoms with van der Waals surface area (Å²) in [7, 11) is 0. The number of halogens is 5. The highest BCUT2D eigenvalue weighted by Gasteiger charge is 2.49. The van der Waals surface area contributed by atoms with Gasteiger partial charge in [0.15, 0.2) is 5.78 Å². The number of carbonyl (C=O) groups is 2. The molecule has 1 amide bonds. The van der Waals surface area contributed by atoms with Crippen molar-refractivity contribution in [3.05, 3.63) is 27.7 Å². The minimum Gasteiger partial charge on any atom is -0.406 e. The number of ketones is 1. The Morgan fingerprint density at radius 3 is 2.29 bits per heavy atom. The fourth-order valence-corrected chi connectivity index (χ4v) is 3.95. The van der Waals surface area contributed by atoms with E-state index < -0.39 is 30.0 Å². The van der Waals surface area contributed by atoms with Gasteiger partial charge in [0.2, 0.25) is 5.91 Å². The number of piperidine rings is 1. The molecule has 2 unspecified atom stereocenters. The first-order chi connectivity index (χ1) is 11.2. The molecule has 9 heteroatoms.